The average Bonchev–Trinajstić information content (AvgIpc) is 3.13. The Morgan fingerprint density at radius 2 is 2.00 bits per heavy atom. The minimum Gasteiger partial charge on any atom is -0.272 e. The molecule has 8 nitrogen and oxygen atoms in total. The predicted octanol–water partition coefficient (Wildman–Crippen LogP) is 1.16. The van der Waals surface area contributed by atoms with E-state index in [2.05, 4.69) is 10.1 Å². The predicted molar refractivity (Wildman–Crippen MR) is 99.7 cm³/mol. The van der Waals surface area contributed by atoms with Crippen molar-refractivity contribution in [3.8, 4) is 11.3 Å². The van der Waals surface area contributed by atoms with Gasteiger partial charge in [0.2, 0.25) is 0 Å². The highest BCUT2D eigenvalue weighted by atomic mass is 32.2. The molecule has 0 radical (unpaired) electrons. The third-order valence-electron chi connectivity index (χ3n) is 4.98. The summed E-state index contributed by atoms with van der Waals surface area (Å²) in [7, 11) is 1.71. The fourth-order valence-electron chi connectivity index (χ4n) is 3.47. The van der Waals surface area contributed by atoms with Gasteiger partial charge in [0.15, 0.2) is 0 Å². The van der Waals surface area contributed by atoms with E-state index in [4.69, 9.17) is 4.98 Å². The van der Waals surface area contributed by atoms with Crippen LogP contribution in [0, 0.1) is 19.8 Å². The van der Waals surface area contributed by atoms with Gasteiger partial charge in [0.25, 0.3) is 10.2 Å². The smallest absolute Gasteiger partial charge is 0.272 e. The normalized spacial score (nSPS) is 18.8. The van der Waals surface area contributed by atoms with Crippen LogP contribution in [0.5, 0.6) is 0 Å². The third-order valence-corrected chi connectivity index (χ3v) is 6.89. The summed E-state index contributed by atoms with van der Waals surface area (Å²) in [5.41, 5.74) is 4.71. The van der Waals surface area contributed by atoms with Crippen molar-refractivity contribution in [2.24, 2.45) is 13.0 Å². The third kappa shape index (κ3) is 3.51. The molecule has 0 N–H and O–H groups in total. The Bertz CT molecular complexity index is 906. The van der Waals surface area contributed by atoms with Crippen molar-refractivity contribution in [3.63, 3.8) is 0 Å². The van der Waals surface area contributed by atoms with Crippen molar-refractivity contribution in [2.75, 3.05) is 27.2 Å². The number of hydrogen-bond acceptors (Lipinski definition) is 5. The van der Waals surface area contributed by atoms with E-state index in [1.54, 1.807) is 30.8 Å². The summed E-state index contributed by atoms with van der Waals surface area (Å²) in [6.45, 7) is 5.07. The van der Waals surface area contributed by atoms with E-state index in [9.17, 15) is 8.42 Å². The second kappa shape index (κ2) is 7.05. The Hall–Kier alpha value is -1.84. The first-order chi connectivity index (χ1) is 12.2. The van der Waals surface area contributed by atoms with Gasteiger partial charge >= 0.3 is 0 Å². The highest BCUT2D eigenvalue weighted by molar-refractivity contribution is 7.86. The Labute approximate surface area is 155 Å². The SMILES string of the molecule is Cc1nn(C)c(C)c1-c1cncc(C[C@H]2CCN(S(=O)(=O)N(C)C)C2)n1. The van der Waals surface area contributed by atoms with Gasteiger partial charge in [-0.1, -0.05) is 0 Å². The van der Waals surface area contributed by atoms with Gasteiger partial charge in [-0.3, -0.25) is 9.67 Å². The maximum atomic E-state index is 12.3. The van der Waals surface area contributed by atoms with Crippen molar-refractivity contribution < 1.29 is 8.42 Å². The van der Waals surface area contributed by atoms with Crippen molar-refractivity contribution in [2.45, 2.75) is 26.7 Å². The zero-order valence-corrected chi connectivity index (χ0v) is 16.8. The Balaban J connectivity index is 1.76. The molecule has 0 spiro atoms. The minimum absolute atomic E-state index is 0.255. The van der Waals surface area contributed by atoms with Crippen LogP contribution in [0.4, 0.5) is 0 Å². The summed E-state index contributed by atoms with van der Waals surface area (Å²) in [5.74, 6) is 0.255. The molecule has 0 saturated carbocycles. The van der Waals surface area contributed by atoms with Gasteiger partial charge in [0.05, 0.1) is 23.3 Å². The van der Waals surface area contributed by atoms with E-state index in [1.807, 2.05) is 25.6 Å². The molecule has 1 aliphatic heterocycles. The summed E-state index contributed by atoms with van der Waals surface area (Å²) >= 11 is 0. The number of hydrogen-bond donors (Lipinski definition) is 0. The van der Waals surface area contributed by atoms with Crippen molar-refractivity contribution in [3.05, 3.63) is 29.5 Å². The van der Waals surface area contributed by atoms with Gasteiger partial charge in [-0.15, -0.1) is 0 Å². The summed E-state index contributed by atoms with van der Waals surface area (Å²) in [5, 5.41) is 4.44. The first-order valence-electron chi connectivity index (χ1n) is 8.69. The summed E-state index contributed by atoms with van der Waals surface area (Å²) in [6, 6.07) is 0. The number of aromatic nitrogens is 4. The number of nitrogens with zero attached hydrogens (tertiary/aromatic N) is 6. The van der Waals surface area contributed by atoms with Crippen LogP contribution in [0.15, 0.2) is 12.4 Å². The molecule has 26 heavy (non-hydrogen) atoms. The van der Waals surface area contributed by atoms with Crippen LogP contribution < -0.4 is 0 Å². The maximum Gasteiger partial charge on any atom is 0.281 e. The highest BCUT2D eigenvalue weighted by Crippen LogP contribution is 2.26. The molecule has 2 aromatic heterocycles. The van der Waals surface area contributed by atoms with Gasteiger partial charge in [0, 0.05) is 51.7 Å². The molecule has 0 bridgehead atoms. The molecule has 0 aliphatic carbocycles. The molecule has 0 aromatic carbocycles. The highest BCUT2D eigenvalue weighted by Gasteiger charge is 2.33. The van der Waals surface area contributed by atoms with Crippen LogP contribution in [0.25, 0.3) is 11.3 Å². The fourth-order valence-corrected chi connectivity index (χ4v) is 4.67. The maximum absolute atomic E-state index is 12.3. The van der Waals surface area contributed by atoms with Crippen molar-refractivity contribution >= 4 is 10.2 Å². The Kier molecular flexibility index (Phi) is 5.14. The van der Waals surface area contributed by atoms with Crippen LogP contribution in [-0.2, 0) is 23.7 Å². The van der Waals surface area contributed by atoms with Gasteiger partial charge in [-0.05, 0) is 32.6 Å². The lowest BCUT2D eigenvalue weighted by atomic mass is 10.0. The van der Waals surface area contributed by atoms with Gasteiger partial charge in [-0.2, -0.15) is 22.1 Å². The molecule has 3 heterocycles. The quantitative estimate of drug-likeness (QED) is 0.780. The van der Waals surface area contributed by atoms with Crippen LogP contribution in [0.2, 0.25) is 0 Å². The topological polar surface area (TPSA) is 84.2 Å². The van der Waals surface area contributed by atoms with Gasteiger partial charge in [-0.25, -0.2) is 4.98 Å². The molecule has 0 amide bonds. The van der Waals surface area contributed by atoms with Crippen molar-refractivity contribution in [1.82, 2.24) is 28.4 Å². The fraction of sp³-hybridized carbons (Fsp3) is 0.588. The van der Waals surface area contributed by atoms with Crippen molar-refractivity contribution in [1.29, 1.82) is 0 Å². The second-order valence-corrected chi connectivity index (χ2v) is 9.21. The monoisotopic (exact) mass is 378 g/mol. The van der Waals surface area contributed by atoms with E-state index in [1.165, 1.54) is 4.31 Å². The zero-order chi connectivity index (χ0) is 19.1. The Morgan fingerprint density at radius 1 is 1.27 bits per heavy atom. The van der Waals surface area contributed by atoms with Crippen LogP contribution in [0.3, 0.4) is 0 Å². The number of aryl methyl sites for hydroxylation is 2. The zero-order valence-electron chi connectivity index (χ0n) is 16.0. The summed E-state index contributed by atoms with van der Waals surface area (Å²) in [6.07, 6.45) is 5.09. The van der Waals surface area contributed by atoms with Crippen LogP contribution in [-0.4, -0.2) is 64.0 Å². The minimum atomic E-state index is -3.34. The first kappa shape index (κ1) is 18.9. The molecule has 1 fully saturated rings. The molecular weight excluding hydrogens is 352 g/mol. The molecule has 0 unspecified atom stereocenters. The molecule has 142 valence electrons. The Morgan fingerprint density at radius 3 is 2.62 bits per heavy atom. The molecular formula is C17H26N6O2S. The van der Waals surface area contributed by atoms with E-state index in [-0.39, 0.29) is 5.92 Å². The lowest BCUT2D eigenvalue weighted by molar-refractivity contribution is 0.409. The molecule has 9 heteroatoms. The van der Waals surface area contributed by atoms with Crippen LogP contribution in [0.1, 0.15) is 23.5 Å². The molecule has 2 aromatic rings. The second-order valence-electron chi connectivity index (χ2n) is 7.07. The largest absolute Gasteiger partial charge is 0.281 e. The molecule has 3 rings (SSSR count). The molecule has 1 aliphatic rings. The lowest BCUT2D eigenvalue weighted by Crippen LogP contribution is -2.38. The lowest BCUT2D eigenvalue weighted by Gasteiger charge is -2.20. The average molecular weight is 379 g/mol. The van der Waals surface area contributed by atoms with Gasteiger partial charge in [0.1, 0.15) is 0 Å². The van der Waals surface area contributed by atoms with Crippen LogP contribution >= 0.6 is 0 Å². The summed E-state index contributed by atoms with van der Waals surface area (Å²) in [4.78, 5) is 9.12. The molecule has 1 saturated heterocycles. The van der Waals surface area contributed by atoms with Gasteiger partial charge < -0.3 is 0 Å². The van der Waals surface area contributed by atoms with E-state index < -0.39 is 10.2 Å². The number of rotatable bonds is 5. The summed E-state index contributed by atoms with van der Waals surface area (Å²) < 4.78 is 29.2. The van der Waals surface area contributed by atoms with E-state index >= 15 is 0 Å². The molecule has 1 atom stereocenters. The standard InChI is InChI=1S/C17H26N6O2S/c1-12-17(13(2)22(5)20-12)16-10-18-9-15(19-16)8-14-6-7-23(11-14)26(24,25)21(3)4/h9-10,14H,6-8,11H2,1-5H3/t14-/m1/s1. The van der Waals surface area contributed by atoms with E-state index in [0.29, 0.717) is 13.1 Å². The van der Waals surface area contributed by atoms with E-state index in [0.717, 1.165) is 41.2 Å². The first-order valence-corrected chi connectivity index (χ1v) is 10.1.